The van der Waals surface area contributed by atoms with Crippen molar-refractivity contribution in [3.8, 4) is 11.1 Å². The number of rotatable bonds is 10. The van der Waals surface area contributed by atoms with E-state index in [0.717, 1.165) is 24.2 Å². The first-order valence-corrected chi connectivity index (χ1v) is 13.2. The number of aliphatic hydroxyl groups is 1. The summed E-state index contributed by atoms with van der Waals surface area (Å²) >= 11 is 5.04. The number of thiocarbonyl (C=S) groups is 1. The molecule has 1 amide bonds. The number of benzene rings is 2. The number of carbonyl (C=O) groups is 1. The predicted octanol–water partition coefficient (Wildman–Crippen LogP) is 4.92. The monoisotopic (exact) mass is 515 g/mol. The highest BCUT2D eigenvalue weighted by Crippen LogP contribution is 2.28. The van der Waals surface area contributed by atoms with Crippen LogP contribution in [0.3, 0.4) is 0 Å². The van der Waals surface area contributed by atoms with Gasteiger partial charge in [0.2, 0.25) is 5.05 Å². The van der Waals surface area contributed by atoms with Gasteiger partial charge >= 0.3 is 6.09 Å². The molecule has 0 saturated carbocycles. The van der Waals surface area contributed by atoms with Gasteiger partial charge in [-0.25, -0.2) is 22.9 Å². The molecule has 0 aliphatic heterocycles. The summed E-state index contributed by atoms with van der Waals surface area (Å²) in [5, 5.41) is 9.83. The molecule has 3 aromatic rings. The summed E-state index contributed by atoms with van der Waals surface area (Å²) in [6.45, 7) is 6.28. The van der Waals surface area contributed by atoms with Crippen molar-refractivity contribution in [2.24, 2.45) is 0 Å². The van der Waals surface area contributed by atoms with E-state index in [1.165, 1.54) is 6.07 Å². The lowest BCUT2D eigenvalue weighted by atomic mass is 10.0. The molecule has 3 rings (SSSR count). The quantitative estimate of drug-likeness (QED) is 0.369. The smallest absolute Gasteiger partial charge is 0.421 e. The fraction of sp³-hybridized carbons (Fsp3) is 0.320. The topological polar surface area (TPSA) is 111 Å². The van der Waals surface area contributed by atoms with Crippen LogP contribution in [0, 0.1) is 6.92 Å². The Kier molecular flexibility index (Phi) is 8.63. The first kappa shape index (κ1) is 26.4. The van der Waals surface area contributed by atoms with E-state index in [1.54, 1.807) is 18.2 Å². The zero-order chi connectivity index (χ0) is 25.6. The molecule has 0 aliphatic carbocycles. The maximum absolute atomic E-state index is 12.9. The van der Waals surface area contributed by atoms with Crippen molar-refractivity contribution < 1.29 is 23.1 Å². The van der Waals surface area contributed by atoms with Gasteiger partial charge < -0.3 is 14.4 Å². The third-order valence-corrected chi connectivity index (χ3v) is 6.90. The largest absolute Gasteiger partial charge is 0.497 e. The normalized spacial score (nSPS) is 11.3. The van der Waals surface area contributed by atoms with Crippen LogP contribution in [0.5, 0.6) is 0 Å². The number of carbonyl (C=O) groups excluding carboxylic acids is 1. The van der Waals surface area contributed by atoms with Gasteiger partial charge in [0.1, 0.15) is 11.5 Å². The van der Waals surface area contributed by atoms with Crippen molar-refractivity contribution in [3.63, 3.8) is 0 Å². The summed E-state index contributed by atoms with van der Waals surface area (Å²) in [7, 11) is -4.13. The van der Waals surface area contributed by atoms with Gasteiger partial charge in [-0.2, -0.15) is 0 Å². The minimum Gasteiger partial charge on any atom is -0.497 e. The van der Waals surface area contributed by atoms with Crippen LogP contribution in [0.2, 0.25) is 0 Å². The van der Waals surface area contributed by atoms with E-state index in [-0.39, 0.29) is 16.6 Å². The third-order valence-electron chi connectivity index (χ3n) is 5.33. The van der Waals surface area contributed by atoms with Gasteiger partial charge in [-0.3, -0.25) is 0 Å². The van der Waals surface area contributed by atoms with Gasteiger partial charge in [0, 0.05) is 18.5 Å². The van der Waals surface area contributed by atoms with Crippen LogP contribution >= 0.6 is 12.2 Å². The molecule has 0 radical (unpaired) electrons. The van der Waals surface area contributed by atoms with Crippen LogP contribution in [0.4, 0.5) is 4.79 Å². The van der Waals surface area contributed by atoms with Gasteiger partial charge in [-0.05, 0) is 49.2 Å². The highest BCUT2D eigenvalue weighted by atomic mass is 32.2. The van der Waals surface area contributed by atoms with Crippen molar-refractivity contribution in [2.45, 2.75) is 51.5 Å². The van der Waals surface area contributed by atoms with Crippen molar-refractivity contribution in [1.82, 2.24) is 14.3 Å². The third kappa shape index (κ3) is 6.26. The lowest BCUT2D eigenvalue weighted by Gasteiger charge is -2.14. The first-order valence-electron chi connectivity index (χ1n) is 11.3. The summed E-state index contributed by atoms with van der Waals surface area (Å²) in [6, 6.07) is 13.9. The van der Waals surface area contributed by atoms with E-state index in [2.05, 4.69) is 11.9 Å². The van der Waals surface area contributed by atoms with Crippen LogP contribution < -0.4 is 4.72 Å². The van der Waals surface area contributed by atoms with Crippen LogP contribution in [-0.4, -0.2) is 40.8 Å². The Balaban J connectivity index is 1.90. The second-order valence-electron chi connectivity index (χ2n) is 8.04. The van der Waals surface area contributed by atoms with Crippen LogP contribution in [0.25, 0.3) is 11.1 Å². The molecule has 1 heterocycles. The molecule has 8 nitrogen and oxygen atoms in total. The zero-order valence-electron chi connectivity index (χ0n) is 19.9. The summed E-state index contributed by atoms with van der Waals surface area (Å²) in [5.41, 5.74) is 3.27. The Morgan fingerprint density at radius 2 is 1.80 bits per heavy atom. The predicted molar refractivity (Wildman–Crippen MR) is 138 cm³/mol. The Morgan fingerprint density at radius 1 is 1.11 bits per heavy atom. The summed E-state index contributed by atoms with van der Waals surface area (Å²) in [5.74, 6) is 0.845. The van der Waals surface area contributed by atoms with Gasteiger partial charge in [-0.1, -0.05) is 56.3 Å². The number of aryl methyl sites for hydroxylation is 2. The van der Waals surface area contributed by atoms with E-state index in [9.17, 15) is 18.3 Å². The zero-order valence-corrected chi connectivity index (χ0v) is 21.6. The number of amides is 1. The summed E-state index contributed by atoms with van der Waals surface area (Å²) < 4.78 is 34.4. The number of aliphatic hydroxyl groups excluding tert-OH is 1. The molecule has 1 aromatic heterocycles. The summed E-state index contributed by atoms with van der Waals surface area (Å²) in [4.78, 5) is 16.4. The molecule has 35 heavy (non-hydrogen) atoms. The Bertz CT molecular complexity index is 1320. The van der Waals surface area contributed by atoms with E-state index < -0.39 is 16.1 Å². The number of sulfonamides is 1. The van der Waals surface area contributed by atoms with Crippen molar-refractivity contribution in [3.05, 3.63) is 71.3 Å². The maximum atomic E-state index is 12.9. The fourth-order valence-corrected chi connectivity index (χ4v) is 5.17. The molecule has 0 aliphatic rings. The minimum absolute atomic E-state index is 0.0235. The van der Waals surface area contributed by atoms with Gasteiger partial charge in [0.25, 0.3) is 10.0 Å². The average Bonchev–Trinajstić information content (AvgIpc) is 3.12. The molecule has 10 heteroatoms. The van der Waals surface area contributed by atoms with Crippen LogP contribution in [0.1, 0.15) is 49.5 Å². The number of hydrogen-bond donors (Lipinski definition) is 2. The van der Waals surface area contributed by atoms with Crippen molar-refractivity contribution in [2.75, 3.05) is 6.61 Å². The van der Waals surface area contributed by atoms with Gasteiger partial charge in [0.15, 0.2) is 0 Å². The summed E-state index contributed by atoms with van der Waals surface area (Å²) in [6.07, 6.45) is 1.23. The molecule has 0 spiro atoms. The van der Waals surface area contributed by atoms with E-state index in [0.29, 0.717) is 35.5 Å². The highest BCUT2D eigenvalue weighted by molar-refractivity contribution is 7.90. The second-order valence-corrected chi connectivity index (χ2v) is 10.1. The molecular formula is C25H29N3O5S2. The van der Waals surface area contributed by atoms with Crippen LogP contribution in [-0.2, 0) is 27.7 Å². The molecule has 186 valence electrons. The molecular weight excluding hydrogens is 486 g/mol. The fourth-order valence-electron chi connectivity index (χ4n) is 3.79. The molecule has 2 N–H and O–H groups in total. The first-order chi connectivity index (χ1) is 16.7. The number of nitrogens with one attached hydrogen (secondary N) is 1. The molecule has 0 saturated heterocycles. The molecule has 0 atom stereocenters. The second kappa shape index (κ2) is 11.5. The highest BCUT2D eigenvalue weighted by Gasteiger charge is 2.22. The molecule has 2 aromatic carbocycles. The van der Waals surface area contributed by atoms with Crippen molar-refractivity contribution in [1.29, 1.82) is 0 Å². The van der Waals surface area contributed by atoms with E-state index in [1.807, 2.05) is 47.4 Å². The molecule has 0 unspecified atom stereocenters. The van der Waals surface area contributed by atoms with Crippen LogP contribution in [0.15, 0.2) is 53.4 Å². The average molecular weight is 516 g/mol. The lowest BCUT2D eigenvalue weighted by Crippen LogP contribution is -2.31. The Morgan fingerprint density at radius 3 is 2.43 bits per heavy atom. The Labute approximate surface area is 211 Å². The lowest BCUT2D eigenvalue weighted by molar-refractivity contribution is 0.152. The van der Waals surface area contributed by atoms with E-state index >= 15 is 0 Å². The molecule has 0 fully saturated rings. The van der Waals surface area contributed by atoms with Crippen molar-refractivity contribution >= 4 is 33.4 Å². The number of ether oxygens (including phenoxy) is 1. The number of aromatic nitrogens is 2. The number of imidazole rings is 1. The SMILES string of the molecule is CCCOC(=O)NS(=O)(=O)c1ccccc1-c1ccc(Cn2c(CCC)nc(C)c2C(O)=S)cc1. The number of nitrogens with zero attached hydrogens (tertiary/aromatic N) is 2. The van der Waals surface area contributed by atoms with Gasteiger partial charge in [-0.15, -0.1) is 0 Å². The maximum Gasteiger partial charge on any atom is 0.421 e. The standard InChI is InChI=1S/C25H29N3O5S2/c1-4-8-22-26-17(3)23(24(29)34)28(22)16-18-11-13-19(14-12-18)20-9-6-7-10-21(20)35(31,32)27-25(30)33-15-5-2/h6-7,9-14H,4-5,8,15-16H2,1-3H3,(H,27,30)(H,29,34). The Hall–Kier alpha value is -3.24. The molecule has 0 bridgehead atoms. The minimum atomic E-state index is -4.13. The number of hydrogen-bond acceptors (Lipinski definition) is 6. The van der Waals surface area contributed by atoms with Gasteiger partial charge in [0.05, 0.1) is 17.2 Å². The van der Waals surface area contributed by atoms with E-state index in [4.69, 9.17) is 17.0 Å².